The first-order valence-electron chi connectivity index (χ1n) is 8.57. The zero-order valence-corrected chi connectivity index (χ0v) is 15.5. The van der Waals surface area contributed by atoms with Crippen LogP contribution >= 0.6 is 11.8 Å². The number of carbonyl (C=O) groups excluding carboxylic acids is 1. The molecule has 1 N–H and O–H groups in total. The molecule has 0 fully saturated rings. The van der Waals surface area contributed by atoms with Crippen LogP contribution in [0.15, 0.2) is 66.1 Å². The number of thioether (sulfide) groups is 1. The van der Waals surface area contributed by atoms with Crippen LogP contribution in [0.2, 0.25) is 0 Å². The normalized spacial score (nSPS) is 10.3. The summed E-state index contributed by atoms with van der Waals surface area (Å²) in [7, 11) is 0. The molecule has 0 saturated carbocycles. The van der Waals surface area contributed by atoms with E-state index in [0.717, 1.165) is 34.8 Å². The number of amides is 1. The fourth-order valence-corrected chi connectivity index (χ4v) is 3.23. The van der Waals surface area contributed by atoms with Crippen molar-refractivity contribution in [3.05, 3.63) is 72.3 Å². The number of nitrogens with one attached hydrogen (secondary N) is 1. The average Bonchev–Trinajstić information content (AvgIpc) is 2.65. The lowest BCUT2D eigenvalue weighted by molar-refractivity contribution is 0.0950. The SMILES string of the molecule is C=CCSc1ccccc1C(=O)NCCCc1ccc(OCC)cc1. The highest BCUT2D eigenvalue weighted by Crippen LogP contribution is 2.22. The van der Waals surface area contributed by atoms with Crippen molar-refractivity contribution in [2.75, 3.05) is 18.9 Å². The van der Waals surface area contributed by atoms with E-state index < -0.39 is 0 Å². The van der Waals surface area contributed by atoms with Gasteiger partial charge in [0.2, 0.25) is 0 Å². The van der Waals surface area contributed by atoms with Crippen LogP contribution in [0.4, 0.5) is 0 Å². The Morgan fingerprint density at radius 1 is 1.20 bits per heavy atom. The van der Waals surface area contributed by atoms with Crippen molar-refractivity contribution in [2.24, 2.45) is 0 Å². The van der Waals surface area contributed by atoms with E-state index in [1.54, 1.807) is 11.8 Å². The fraction of sp³-hybridized carbons (Fsp3) is 0.286. The minimum Gasteiger partial charge on any atom is -0.494 e. The quantitative estimate of drug-likeness (QED) is 0.380. The summed E-state index contributed by atoms with van der Waals surface area (Å²) >= 11 is 1.63. The van der Waals surface area contributed by atoms with Crippen molar-refractivity contribution in [2.45, 2.75) is 24.7 Å². The second kappa shape index (κ2) is 10.6. The van der Waals surface area contributed by atoms with Crippen LogP contribution in [0, 0.1) is 0 Å². The van der Waals surface area contributed by atoms with Gasteiger partial charge in [0.05, 0.1) is 12.2 Å². The van der Waals surface area contributed by atoms with E-state index in [0.29, 0.717) is 13.2 Å². The Hall–Kier alpha value is -2.20. The third kappa shape index (κ3) is 6.31. The molecule has 25 heavy (non-hydrogen) atoms. The Morgan fingerprint density at radius 2 is 1.96 bits per heavy atom. The van der Waals surface area contributed by atoms with Gasteiger partial charge in [0.25, 0.3) is 5.91 Å². The van der Waals surface area contributed by atoms with Crippen LogP contribution in [-0.4, -0.2) is 24.8 Å². The lowest BCUT2D eigenvalue weighted by Gasteiger charge is -2.09. The highest BCUT2D eigenvalue weighted by molar-refractivity contribution is 7.99. The Labute approximate surface area is 154 Å². The first-order valence-corrected chi connectivity index (χ1v) is 9.55. The predicted octanol–water partition coefficient (Wildman–Crippen LogP) is 4.73. The van der Waals surface area contributed by atoms with Gasteiger partial charge in [0.1, 0.15) is 5.75 Å². The third-order valence-electron chi connectivity index (χ3n) is 3.65. The molecule has 0 aliphatic heterocycles. The molecule has 0 bridgehead atoms. The van der Waals surface area contributed by atoms with Crippen molar-refractivity contribution >= 4 is 17.7 Å². The second-order valence-electron chi connectivity index (χ2n) is 5.53. The van der Waals surface area contributed by atoms with Crippen molar-refractivity contribution in [1.29, 1.82) is 0 Å². The van der Waals surface area contributed by atoms with Gasteiger partial charge in [-0.3, -0.25) is 4.79 Å². The summed E-state index contributed by atoms with van der Waals surface area (Å²) < 4.78 is 5.44. The molecule has 0 aliphatic rings. The third-order valence-corrected chi connectivity index (χ3v) is 4.72. The van der Waals surface area contributed by atoms with Crippen LogP contribution in [0.5, 0.6) is 5.75 Å². The second-order valence-corrected chi connectivity index (χ2v) is 6.59. The molecule has 2 aromatic rings. The lowest BCUT2D eigenvalue weighted by atomic mass is 10.1. The molecule has 0 aromatic heterocycles. The van der Waals surface area contributed by atoms with Gasteiger partial charge in [-0.15, -0.1) is 18.3 Å². The van der Waals surface area contributed by atoms with E-state index >= 15 is 0 Å². The minimum atomic E-state index is -0.0149. The number of aryl methyl sites for hydroxylation is 1. The Kier molecular flexibility index (Phi) is 8.13. The standard InChI is InChI=1S/C21H25NO2S/c1-3-16-25-20-10-6-5-9-19(20)21(23)22-15-7-8-17-11-13-18(14-12-17)24-4-2/h3,5-6,9-14H,1,4,7-8,15-16H2,2H3,(H,22,23). The largest absolute Gasteiger partial charge is 0.494 e. The van der Waals surface area contributed by atoms with Gasteiger partial charge in [-0.1, -0.05) is 30.3 Å². The molecule has 0 saturated heterocycles. The molecule has 132 valence electrons. The summed E-state index contributed by atoms with van der Waals surface area (Å²) in [5.41, 5.74) is 1.98. The molecular weight excluding hydrogens is 330 g/mol. The molecule has 0 unspecified atom stereocenters. The van der Waals surface area contributed by atoms with Crippen LogP contribution in [-0.2, 0) is 6.42 Å². The zero-order chi connectivity index (χ0) is 17.9. The van der Waals surface area contributed by atoms with E-state index in [-0.39, 0.29) is 5.91 Å². The van der Waals surface area contributed by atoms with Gasteiger partial charge < -0.3 is 10.1 Å². The molecule has 0 radical (unpaired) electrons. The summed E-state index contributed by atoms with van der Waals surface area (Å²) in [6.45, 7) is 7.04. The van der Waals surface area contributed by atoms with E-state index in [1.165, 1.54) is 5.56 Å². The van der Waals surface area contributed by atoms with Gasteiger partial charge in [-0.25, -0.2) is 0 Å². The molecule has 0 aliphatic carbocycles. The number of ether oxygens (including phenoxy) is 1. The number of carbonyl (C=O) groups is 1. The molecular formula is C21H25NO2S. The van der Waals surface area contributed by atoms with Crippen molar-refractivity contribution in [1.82, 2.24) is 5.32 Å². The molecule has 0 atom stereocenters. The van der Waals surface area contributed by atoms with Gasteiger partial charge in [-0.2, -0.15) is 0 Å². The Balaban J connectivity index is 1.79. The molecule has 3 nitrogen and oxygen atoms in total. The van der Waals surface area contributed by atoms with Gasteiger partial charge in [0, 0.05) is 17.2 Å². The summed E-state index contributed by atoms with van der Waals surface area (Å²) in [6.07, 6.45) is 3.68. The van der Waals surface area contributed by atoms with Gasteiger partial charge >= 0.3 is 0 Å². The van der Waals surface area contributed by atoms with E-state index in [2.05, 4.69) is 24.0 Å². The number of hydrogen-bond acceptors (Lipinski definition) is 3. The van der Waals surface area contributed by atoms with Crippen molar-refractivity contribution in [3.8, 4) is 5.75 Å². The van der Waals surface area contributed by atoms with Crippen LogP contribution in [0.25, 0.3) is 0 Å². The molecule has 0 heterocycles. The zero-order valence-electron chi connectivity index (χ0n) is 14.7. The van der Waals surface area contributed by atoms with Gasteiger partial charge in [-0.05, 0) is 49.6 Å². The van der Waals surface area contributed by atoms with Crippen molar-refractivity contribution in [3.63, 3.8) is 0 Å². The number of benzene rings is 2. The van der Waals surface area contributed by atoms with Crippen LogP contribution in [0.3, 0.4) is 0 Å². The molecule has 4 heteroatoms. The Morgan fingerprint density at radius 3 is 2.68 bits per heavy atom. The van der Waals surface area contributed by atoms with Crippen LogP contribution < -0.4 is 10.1 Å². The maximum Gasteiger partial charge on any atom is 0.252 e. The first kappa shape index (κ1) is 19.1. The Bertz CT molecular complexity index is 683. The fourth-order valence-electron chi connectivity index (χ4n) is 2.44. The van der Waals surface area contributed by atoms with E-state index in [4.69, 9.17) is 4.74 Å². The molecule has 1 amide bonds. The maximum absolute atomic E-state index is 12.4. The maximum atomic E-state index is 12.4. The topological polar surface area (TPSA) is 38.3 Å². The van der Waals surface area contributed by atoms with E-state index in [1.807, 2.05) is 49.4 Å². The minimum absolute atomic E-state index is 0.0149. The molecule has 2 aromatic carbocycles. The predicted molar refractivity (Wildman–Crippen MR) is 106 cm³/mol. The highest BCUT2D eigenvalue weighted by atomic mass is 32.2. The van der Waals surface area contributed by atoms with Crippen LogP contribution in [0.1, 0.15) is 29.3 Å². The number of hydrogen-bond donors (Lipinski definition) is 1. The monoisotopic (exact) mass is 355 g/mol. The summed E-state index contributed by atoms with van der Waals surface area (Å²) in [6, 6.07) is 15.8. The highest BCUT2D eigenvalue weighted by Gasteiger charge is 2.10. The van der Waals surface area contributed by atoms with Gasteiger partial charge in [0.15, 0.2) is 0 Å². The summed E-state index contributed by atoms with van der Waals surface area (Å²) in [4.78, 5) is 13.4. The lowest BCUT2D eigenvalue weighted by Crippen LogP contribution is -2.25. The molecule has 0 spiro atoms. The molecule has 2 rings (SSSR count). The smallest absolute Gasteiger partial charge is 0.252 e. The first-order chi connectivity index (χ1) is 12.2. The van der Waals surface area contributed by atoms with E-state index in [9.17, 15) is 4.79 Å². The van der Waals surface area contributed by atoms with Crippen molar-refractivity contribution < 1.29 is 9.53 Å². The average molecular weight is 356 g/mol. The summed E-state index contributed by atoms with van der Waals surface area (Å²) in [5.74, 6) is 1.68. The summed E-state index contributed by atoms with van der Waals surface area (Å²) in [5, 5.41) is 3.01. The number of rotatable bonds is 10.